The number of anilines is 1. The van der Waals surface area contributed by atoms with Crippen LogP contribution in [0.15, 0.2) is 24.3 Å². The van der Waals surface area contributed by atoms with Gasteiger partial charge in [0.25, 0.3) is 5.69 Å². The topological polar surface area (TPSA) is 99.0 Å². The van der Waals surface area contributed by atoms with E-state index in [0.717, 1.165) is 31.4 Å². The Hall–Kier alpha value is -2.35. The van der Waals surface area contributed by atoms with Crippen molar-refractivity contribution in [3.8, 4) is 0 Å². The molecular formula is C17H24N4O4. The van der Waals surface area contributed by atoms with Crippen LogP contribution in [0.1, 0.15) is 25.7 Å². The lowest BCUT2D eigenvalue weighted by Gasteiger charge is -2.37. The molecule has 1 aromatic carbocycles. The van der Waals surface area contributed by atoms with E-state index in [1.807, 2.05) is 4.90 Å². The van der Waals surface area contributed by atoms with Crippen molar-refractivity contribution >= 4 is 17.4 Å². The Kier molecular flexibility index (Phi) is 5.37. The maximum atomic E-state index is 12.4. The highest BCUT2D eigenvalue weighted by Crippen LogP contribution is 2.21. The Bertz CT molecular complexity index is 606. The van der Waals surface area contributed by atoms with E-state index in [0.29, 0.717) is 26.2 Å². The molecule has 8 heteroatoms. The van der Waals surface area contributed by atoms with Gasteiger partial charge in [0, 0.05) is 50.0 Å². The van der Waals surface area contributed by atoms with Gasteiger partial charge in [0.05, 0.1) is 11.0 Å². The molecule has 25 heavy (non-hydrogen) atoms. The van der Waals surface area contributed by atoms with Gasteiger partial charge in [0.2, 0.25) is 0 Å². The number of non-ortho nitro benzene ring substituents is 1. The smallest absolute Gasteiger partial charge is 0.317 e. The largest absolute Gasteiger partial charge is 0.393 e. The van der Waals surface area contributed by atoms with Gasteiger partial charge in [-0.25, -0.2) is 4.79 Å². The molecule has 1 aliphatic heterocycles. The minimum Gasteiger partial charge on any atom is -0.393 e. The molecule has 3 rings (SSSR count). The van der Waals surface area contributed by atoms with Crippen molar-refractivity contribution in [1.29, 1.82) is 0 Å². The van der Waals surface area contributed by atoms with Crippen LogP contribution in [0.25, 0.3) is 0 Å². The van der Waals surface area contributed by atoms with Gasteiger partial charge >= 0.3 is 6.03 Å². The van der Waals surface area contributed by atoms with Crippen LogP contribution in [0.2, 0.25) is 0 Å². The fourth-order valence-electron chi connectivity index (χ4n) is 3.44. The molecule has 0 bridgehead atoms. The van der Waals surface area contributed by atoms with Gasteiger partial charge in [0.1, 0.15) is 0 Å². The SMILES string of the molecule is O=C(NC1CCC(O)CC1)N1CCN(c2ccc([N+](=O)[O-])cc2)CC1. The molecule has 1 saturated carbocycles. The first kappa shape index (κ1) is 17.5. The van der Waals surface area contributed by atoms with Crippen molar-refractivity contribution in [3.63, 3.8) is 0 Å². The Morgan fingerprint density at radius 1 is 1.08 bits per heavy atom. The number of piperazine rings is 1. The van der Waals surface area contributed by atoms with E-state index in [-0.39, 0.29) is 23.9 Å². The van der Waals surface area contributed by atoms with Crippen molar-refractivity contribution < 1.29 is 14.8 Å². The molecule has 2 aliphatic rings. The van der Waals surface area contributed by atoms with Crippen molar-refractivity contribution in [2.45, 2.75) is 37.8 Å². The Morgan fingerprint density at radius 3 is 2.24 bits per heavy atom. The molecule has 2 fully saturated rings. The number of aliphatic hydroxyl groups excluding tert-OH is 1. The lowest BCUT2D eigenvalue weighted by atomic mass is 9.93. The molecule has 0 unspecified atom stereocenters. The van der Waals surface area contributed by atoms with Crippen LogP contribution in [0.4, 0.5) is 16.2 Å². The third-order valence-electron chi connectivity index (χ3n) is 5.02. The second-order valence-electron chi connectivity index (χ2n) is 6.70. The average molecular weight is 348 g/mol. The van der Waals surface area contributed by atoms with Crippen LogP contribution in [0.3, 0.4) is 0 Å². The van der Waals surface area contributed by atoms with Crippen LogP contribution < -0.4 is 10.2 Å². The van der Waals surface area contributed by atoms with Crippen molar-refractivity contribution in [1.82, 2.24) is 10.2 Å². The van der Waals surface area contributed by atoms with Gasteiger partial charge in [-0.05, 0) is 37.8 Å². The summed E-state index contributed by atoms with van der Waals surface area (Å²) >= 11 is 0. The molecule has 1 saturated heterocycles. The fraction of sp³-hybridized carbons (Fsp3) is 0.588. The molecule has 0 radical (unpaired) electrons. The van der Waals surface area contributed by atoms with Gasteiger partial charge in [-0.2, -0.15) is 0 Å². The Labute approximate surface area is 146 Å². The second-order valence-corrected chi connectivity index (χ2v) is 6.70. The van der Waals surface area contributed by atoms with Crippen molar-refractivity contribution in [3.05, 3.63) is 34.4 Å². The summed E-state index contributed by atoms with van der Waals surface area (Å²) in [5.41, 5.74) is 1.02. The number of hydrogen-bond acceptors (Lipinski definition) is 5. The molecule has 136 valence electrons. The zero-order chi connectivity index (χ0) is 17.8. The molecule has 2 N–H and O–H groups in total. The highest BCUT2D eigenvalue weighted by molar-refractivity contribution is 5.75. The lowest BCUT2D eigenvalue weighted by Crippen LogP contribution is -2.54. The van der Waals surface area contributed by atoms with E-state index in [2.05, 4.69) is 10.2 Å². The minimum absolute atomic E-state index is 0.0373. The maximum absolute atomic E-state index is 12.4. The number of rotatable bonds is 3. The third kappa shape index (κ3) is 4.39. The summed E-state index contributed by atoms with van der Waals surface area (Å²) in [7, 11) is 0. The summed E-state index contributed by atoms with van der Waals surface area (Å²) < 4.78 is 0. The molecular weight excluding hydrogens is 324 g/mol. The van der Waals surface area contributed by atoms with Gasteiger partial charge in [-0.1, -0.05) is 0 Å². The molecule has 0 aromatic heterocycles. The summed E-state index contributed by atoms with van der Waals surface area (Å²) in [6.45, 7) is 2.65. The Balaban J connectivity index is 1.48. The van der Waals surface area contributed by atoms with Gasteiger partial charge < -0.3 is 20.2 Å². The van der Waals surface area contributed by atoms with Crippen molar-refractivity contribution in [2.24, 2.45) is 0 Å². The quantitative estimate of drug-likeness (QED) is 0.640. The van der Waals surface area contributed by atoms with Gasteiger partial charge in [-0.3, -0.25) is 10.1 Å². The number of carbonyl (C=O) groups excluding carboxylic acids is 1. The summed E-state index contributed by atoms with van der Waals surface area (Å²) in [5.74, 6) is 0. The summed E-state index contributed by atoms with van der Waals surface area (Å²) in [6, 6.07) is 6.63. The zero-order valence-electron chi connectivity index (χ0n) is 14.1. The van der Waals surface area contributed by atoms with Crippen LogP contribution in [-0.4, -0.2) is 59.3 Å². The normalized spacial score (nSPS) is 24.0. The van der Waals surface area contributed by atoms with E-state index in [4.69, 9.17) is 0 Å². The molecule has 2 amide bonds. The molecule has 0 spiro atoms. The number of urea groups is 1. The number of carbonyl (C=O) groups is 1. The minimum atomic E-state index is -0.406. The molecule has 1 aromatic rings. The number of benzene rings is 1. The number of nitrogens with zero attached hydrogens (tertiary/aromatic N) is 3. The number of nitro groups is 1. The van der Waals surface area contributed by atoms with E-state index >= 15 is 0 Å². The van der Waals surface area contributed by atoms with Crippen LogP contribution in [-0.2, 0) is 0 Å². The highest BCUT2D eigenvalue weighted by atomic mass is 16.6. The van der Waals surface area contributed by atoms with Crippen molar-refractivity contribution in [2.75, 3.05) is 31.1 Å². The predicted molar refractivity (Wildman–Crippen MR) is 93.7 cm³/mol. The summed E-state index contributed by atoms with van der Waals surface area (Å²) in [5, 5.41) is 23.3. The third-order valence-corrected chi connectivity index (χ3v) is 5.02. The maximum Gasteiger partial charge on any atom is 0.317 e. The molecule has 1 aliphatic carbocycles. The lowest BCUT2D eigenvalue weighted by molar-refractivity contribution is -0.384. The number of aliphatic hydroxyl groups is 1. The van der Waals surface area contributed by atoms with E-state index in [9.17, 15) is 20.0 Å². The monoisotopic (exact) mass is 348 g/mol. The molecule has 0 atom stereocenters. The molecule has 8 nitrogen and oxygen atoms in total. The van der Waals surface area contributed by atoms with Crippen LogP contribution in [0, 0.1) is 10.1 Å². The summed E-state index contributed by atoms with van der Waals surface area (Å²) in [4.78, 5) is 26.6. The van der Waals surface area contributed by atoms with E-state index in [1.54, 1.807) is 12.1 Å². The van der Waals surface area contributed by atoms with Crippen LogP contribution in [0.5, 0.6) is 0 Å². The van der Waals surface area contributed by atoms with Gasteiger partial charge in [-0.15, -0.1) is 0 Å². The predicted octanol–water partition coefficient (Wildman–Crippen LogP) is 1.73. The first-order valence-electron chi connectivity index (χ1n) is 8.76. The van der Waals surface area contributed by atoms with Crippen LogP contribution >= 0.6 is 0 Å². The first-order chi connectivity index (χ1) is 12.0. The zero-order valence-corrected chi connectivity index (χ0v) is 14.1. The van der Waals surface area contributed by atoms with E-state index < -0.39 is 4.92 Å². The van der Waals surface area contributed by atoms with E-state index in [1.165, 1.54) is 12.1 Å². The number of nitro benzene ring substituents is 1. The van der Waals surface area contributed by atoms with Gasteiger partial charge in [0.15, 0.2) is 0 Å². The first-order valence-corrected chi connectivity index (χ1v) is 8.76. The fourth-order valence-corrected chi connectivity index (χ4v) is 3.44. The second kappa shape index (κ2) is 7.69. The summed E-state index contributed by atoms with van der Waals surface area (Å²) in [6.07, 6.45) is 2.93. The standard InChI is InChI=1S/C17H24N4O4/c22-16-7-1-13(2-8-16)18-17(23)20-11-9-19(10-12-20)14-3-5-15(6-4-14)21(24)25/h3-6,13,16,22H,1-2,7-12H2,(H,18,23). The Morgan fingerprint density at radius 2 is 1.68 bits per heavy atom. The highest BCUT2D eigenvalue weighted by Gasteiger charge is 2.25. The average Bonchev–Trinajstić information content (AvgIpc) is 2.64. The molecule has 1 heterocycles. The number of nitrogens with one attached hydrogen (secondary N) is 1. The number of amides is 2. The number of hydrogen-bond donors (Lipinski definition) is 2.